The number of rotatable bonds is 3. The first-order valence-electron chi connectivity index (χ1n) is 5.20. The van der Waals surface area contributed by atoms with Gasteiger partial charge in [0.1, 0.15) is 0 Å². The van der Waals surface area contributed by atoms with Crippen LogP contribution >= 0.6 is 0 Å². The standard InChI is InChI=1S/C11H17NO2S/c1-8(2)15(13,14)12-11-5-9(3)4-10(6-11)7-11/h4,10,12H,1,5-7H2,2-3H3. The maximum atomic E-state index is 11.7. The summed E-state index contributed by atoms with van der Waals surface area (Å²) < 4.78 is 26.2. The first-order valence-corrected chi connectivity index (χ1v) is 6.68. The van der Waals surface area contributed by atoms with Crippen LogP contribution in [0.3, 0.4) is 0 Å². The Morgan fingerprint density at radius 3 is 2.67 bits per heavy atom. The molecule has 84 valence electrons. The molecule has 3 rings (SSSR count). The van der Waals surface area contributed by atoms with Crippen LogP contribution in [0.5, 0.6) is 0 Å². The Kier molecular flexibility index (Phi) is 2.32. The summed E-state index contributed by atoms with van der Waals surface area (Å²) in [4.78, 5) is 0.201. The number of sulfonamides is 1. The van der Waals surface area contributed by atoms with Crippen molar-refractivity contribution in [3.8, 4) is 0 Å². The Labute approximate surface area is 91.3 Å². The minimum absolute atomic E-state index is 0.201. The molecule has 4 heteroatoms. The van der Waals surface area contributed by atoms with E-state index in [2.05, 4.69) is 24.3 Å². The lowest BCUT2D eigenvalue weighted by molar-refractivity contribution is 0.146. The van der Waals surface area contributed by atoms with E-state index in [1.54, 1.807) is 0 Å². The molecule has 0 spiro atoms. The van der Waals surface area contributed by atoms with Crippen LogP contribution < -0.4 is 4.72 Å². The average molecular weight is 227 g/mol. The lowest BCUT2D eigenvalue weighted by atomic mass is 9.61. The third kappa shape index (κ3) is 1.88. The summed E-state index contributed by atoms with van der Waals surface area (Å²) in [6.45, 7) is 7.09. The number of hydrogen-bond acceptors (Lipinski definition) is 2. The summed E-state index contributed by atoms with van der Waals surface area (Å²) in [6.07, 6.45) is 4.99. The summed E-state index contributed by atoms with van der Waals surface area (Å²) in [7, 11) is -3.31. The number of fused-ring (bicyclic) bond motifs is 1. The normalized spacial score (nSPS) is 34.3. The quantitative estimate of drug-likeness (QED) is 0.749. The first kappa shape index (κ1) is 10.9. The molecule has 15 heavy (non-hydrogen) atoms. The topological polar surface area (TPSA) is 46.2 Å². The molecular formula is C11H17NO2S. The average Bonchev–Trinajstić information content (AvgIpc) is 1.99. The molecule has 1 N–H and O–H groups in total. The minimum atomic E-state index is -3.31. The fourth-order valence-corrected chi connectivity index (χ4v) is 3.68. The van der Waals surface area contributed by atoms with Gasteiger partial charge in [-0.1, -0.05) is 18.2 Å². The molecule has 1 saturated carbocycles. The van der Waals surface area contributed by atoms with Crippen molar-refractivity contribution in [1.29, 1.82) is 0 Å². The van der Waals surface area contributed by atoms with Crippen molar-refractivity contribution in [2.45, 2.75) is 38.6 Å². The van der Waals surface area contributed by atoms with Crippen LogP contribution in [0.4, 0.5) is 0 Å². The first-order chi connectivity index (χ1) is 6.83. The van der Waals surface area contributed by atoms with Gasteiger partial charge in [0.15, 0.2) is 0 Å². The van der Waals surface area contributed by atoms with E-state index in [1.807, 2.05) is 0 Å². The predicted molar refractivity (Wildman–Crippen MR) is 60.7 cm³/mol. The van der Waals surface area contributed by atoms with Gasteiger partial charge in [-0.05, 0) is 39.0 Å². The molecule has 0 saturated heterocycles. The Bertz CT molecular complexity index is 428. The van der Waals surface area contributed by atoms with Crippen LogP contribution in [0.25, 0.3) is 0 Å². The molecule has 0 amide bonds. The molecule has 0 aliphatic heterocycles. The van der Waals surface area contributed by atoms with Crippen molar-refractivity contribution in [3.63, 3.8) is 0 Å². The highest BCUT2D eigenvalue weighted by molar-refractivity contribution is 7.93. The molecule has 0 aromatic rings. The van der Waals surface area contributed by atoms with Gasteiger partial charge in [0.25, 0.3) is 0 Å². The summed E-state index contributed by atoms with van der Waals surface area (Å²) in [6, 6.07) is 0. The summed E-state index contributed by atoms with van der Waals surface area (Å²) in [5.41, 5.74) is 1.09. The van der Waals surface area contributed by atoms with Gasteiger partial charge in [-0.2, -0.15) is 0 Å². The highest BCUT2D eigenvalue weighted by Crippen LogP contribution is 2.48. The molecule has 0 unspecified atom stereocenters. The van der Waals surface area contributed by atoms with E-state index in [0.29, 0.717) is 5.92 Å². The second-order valence-corrected chi connectivity index (χ2v) is 6.85. The van der Waals surface area contributed by atoms with Crippen LogP contribution in [0.15, 0.2) is 23.1 Å². The molecule has 0 aromatic heterocycles. The van der Waals surface area contributed by atoms with Gasteiger partial charge in [-0.15, -0.1) is 0 Å². The van der Waals surface area contributed by atoms with Crippen LogP contribution in [0, 0.1) is 5.92 Å². The van der Waals surface area contributed by atoms with E-state index < -0.39 is 10.0 Å². The van der Waals surface area contributed by atoms with Gasteiger partial charge >= 0.3 is 0 Å². The maximum Gasteiger partial charge on any atom is 0.236 e. The highest BCUT2D eigenvalue weighted by Gasteiger charge is 2.48. The lowest BCUT2D eigenvalue weighted by Gasteiger charge is -2.51. The Hall–Kier alpha value is -0.610. The van der Waals surface area contributed by atoms with Crippen LogP contribution in [-0.4, -0.2) is 14.0 Å². The van der Waals surface area contributed by atoms with E-state index in [4.69, 9.17) is 0 Å². The van der Waals surface area contributed by atoms with E-state index in [1.165, 1.54) is 12.5 Å². The van der Waals surface area contributed by atoms with E-state index >= 15 is 0 Å². The van der Waals surface area contributed by atoms with Gasteiger partial charge in [0.05, 0.1) is 0 Å². The Balaban J connectivity index is 2.16. The van der Waals surface area contributed by atoms with Crippen molar-refractivity contribution in [2.75, 3.05) is 0 Å². The highest BCUT2D eigenvalue weighted by atomic mass is 32.2. The summed E-state index contributed by atoms with van der Waals surface area (Å²) in [5.74, 6) is 0.576. The van der Waals surface area contributed by atoms with Crippen LogP contribution in [0.1, 0.15) is 33.1 Å². The zero-order valence-electron chi connectivity index (χ0n) is 9.21. The van der Waals surface area contributed by atoms with Crippen LogP contribution in [0.2, 0.25) is 0 Å². The predicted octanol–water partition coefficient (Wildman–Crippen LogP) is 1.94. The number of allylic oxidation sites excluding steroid dienone is 2. The second-order valence-electron chi connectivity index (χ2n) is 4.95. The number of hydrogen-bond donors (Lipinski definition) is 1. The van der Waals surface area contributed by atoms with Crippen molar-refractivity contribution < 1.29 is 8.42 Å². The minimum Gasteiger partial charge on any atom is -0.207 e. The van der Waals surface area contributed by atoms with E-state index in [-0.39, 0.29) is 10.4 Å². The molecule has 1 fully saturated rings. The smallest absolute Gasteiger partial charge is 0.207 e. The third-order valence-electron chi connectivity index (χ3n) is 3.25. The molecule has 3 aliphatic carbocycles. The Morgan fingerprint density at radius 2 is 2.20 bits per heavy atom. The second kappa shape index (κ2) is 3.19. The molecule has 0 aromatic carbocycles. The van der Waals surface area contributed by atoms with Crippen molar-refractivity contribution >= 4 is 10.0 Å². The van der Waals surface area contributed by atoms with Gasteiger partial charge in [0, 0.05) is 10.4 Å². The SMILES string of the molecule is C=C(C)S(=O)(=O)NC12CC(C)=CC(C1)C2. The molecule has 3 nitrogen and oxygen atoms in total. The van der Waals surface area contributed by atoms with Crippen molar-refractivity contribution in [1.82, 2.24) is 4.72 Å². The lowest BCUT2D eigenvalue weighted by Crippen LogP contribution is -2.58. The largest absolute Gasteiger partial charge is 0.236 e. The molecular weight excluding hydrogens is 210 g/mol. The van der Waals surface area contributed by atoms with Gasteiger partial charge in [-0.25, -0.2) is 13.1 Å². The molecule has 3 aliphatic rings. The molecule has 0 radical (unpaired) electrons. The maximum absolute atomic E-state index is 11.7. The zero-order chi connectivity index (χ0) is 11.3. The van der Waals surface area contributed by atoms with Crippen LogP contribution in [-0.2, 0) is 10.0 Å². The van der Waals surface area contributed by atoms with Crippen molar-refractivity contribution in [3.05, 3.63) is 23.1 Å². The summed E-state index contributed by atoms with van der Waals surface area (Å²) >= 11 is 0. The van der Waals surface area contributed by atoms with Gasteiger partial charge in [0.2, 0.25) is 10.0 Å². The van der Waals surface area contributed by atoms with Gasteiger partial charge < -0.3 is 0 Å². The monoisotopic (exact) mass is 227 g/mol. The molecule has 0 heterocycles. The van der Waals surface area contributed by atoms with Gasteiger partial charge in [-0.3, -0.25) is 0 Å². The van der Waals surface area contributed by atoms with E-state index in [9.17, 15) is 8.42 Å². The molecule has 2 bridgehead atoms. The molecule has 0 atom stereocenters. The summed E-state index contributed by atoms with van der Waals surface area (Å²) in [5, 5.41) is 0. The van der Waals surface area contributed by atoms with E-state index in [0.717, 1.165) is 19.3 Å². The Morgan fingerprint density at radius 1 is 1.60 bits per heavy atom. The third-order valence-corrected chi connectivity index (χ3v) is 4.87. The number of nitrogens with one attached hydrogen (secondary N) is 1. The fraction of sp³-hybridized carbons (Fsp3) is 0.636. The fourth-order valence-electron chi connectivity index (χ4n) is 2.69. The zero-order valence-corrected chi connectivity index (χ0v) is 10.0. The van der Waals surface area contributed by atoms with Crippen molar-refractivity contribution in [2.24, 2.45) is 5.92 Å².